The van der Waals surface area contributed by atoms with E-state index in [0.29, 0.717) is 48.0 Å². The molecule has 2 aliphatic rings. The van der Waals surface area contributed by atoms with Crippen molar-refractivity contribution in [3.8, 4) is 11.5 Å². The molecule has 210 valence electrons. The van der Waals surface area contributed by atoms with E-state index >= 15 is 0 Å². The molecule has 1 aromatic heterocycles. The van der Waals surface area contributed by atoms with E-state index in [-0.39, 0.29) is 29.1 Å². The van der Waals surface area contributed by atoms with Crippen molar-refractivity contribution in [1.82, 2.24) is 14.8 Å². The monoisotopic (exact) mass is 541 g/mol. The molecule has 2 saturated heterocycles. The number of nitrogens with zero attached hydrogens (tertiary/aromatic N) is 2. The molecule has 11 nitrogen and oxygen atoms in total. The summed E-state index contributed by atoms with van der Waals surface area (Å²) in [7, 11) is 4.24. The van der Waals surface area contributed by atoms with Crippen molar-refractivity contribution in [3.05, 3.63) is 51.9 Å². The number of Topliss-reactive ketones (excluding diaryl/α,β-unsaturated/α-hetero) is 1. The van der Waals surface area contributed by atoms with Crippen LogP contribution in [0.25, 0.3) is 5.76 Å². The van der Waals surface area contributed by atoms with E-state index in [1.165, 1.54) is 26.2 Å². The lowest BCUT2D eigenvalue weighted by Crippen LogP contribution is -2.39. The van der Waals surface area contributed by atoms with Gasteiger partial charge in [0.2, 0.25) is 0 Å². The first-order valence-corrected chi connectivity index (χ1v) is 12.8. The zero-order valence-corrected chi connectivity index (χ0v) is 23.0. The van der Waals surface area contributed by atoms with Gasteiger partial charge >= 0.3 is 5.97 Å². The number of carbonyl (C=O) groups is 3. The maximum atomic E-state index is 13.5. The normalized spacial score (nSPS) is 19.4. The Morgan fingerprint density at radius 2 is 1.82 bits per heavy atom. The zero-order chi connectivity index (χ0) is 28.3. The van der Waals surface area contributed by atoms with Crippen LogP contribution < -0.4 is 9.47 Å². The van der Waals surface area contributed by atoms with Gasteiger partial charge < -0.3 is 33.9 Å². The minimum absolute atomic E-state index is 0.0838. The molecule has 1 unspecified atom stereocenters. The van der Waals surface area contributed by atoms with Crippen molar-refractivity contribution in [2.24, 2.45) is 0 Å². The quantitative estimate of drug-likeness (QED) is 0.213. The number of carbonyl (C=O) groups excluding carboxylic acids is 3. The maximum Gasteiger partial charge on any atom is 0.354 e. The summed E-state index contributed by atoms with van der Waals surface area (Å²) >= 11 is 0. The first-order valence-electron chi connectivity index (χ1n) is 12.8. The number of esters is 1. The van der Waals surface area contributed by atoms with Crippen LogP contribution in [0.2, 0.25) is 0 Å². The second-order valence-electron chi connectivity index (χ2n) is 9.50. The van der Waals surface area contributed by atoms with Gasteiger partial charge in [-0.2, -0.15) is 0 Å². The van der Waals surface area contributed by atoms with Crippen LogP contribution >= 0.6 is 0 Å². The number of H-pyrrole nitrogens is 1. The highest BCUT2D eigenvalue weighted by molar-refractivity contribution is 6.46. The molecular weight excluding hydrogens is 506 g/mol. The second kappa shape index (κ2) is 11.9. The third-order valence-electron chi connectivity index (χ3n) is 7.31. The Kier molecular flexibility index (Phi) is 8.61. The van der Waals surface area contributed by atoms with Gasteiger partial charge in [-0.15, -0.1) is 0 Å². The Morgan fingerprint density at radius 3 is 2.46 bits per heavy atom. The van der Waals surface area contributed by atoms with Gasteiger partial charge in [0.05, 0.1) is 46.2 Å². The number of ketones is 1. The van der Waals surface area contributed by atoms with Crippen LogP contribution in [0.1, 0.15) is 45.3 Å². The molecule has 2 aromatic rings. The number of amides is 1. The fourth-order valence-corrected chi connectivity index (χ4v) is 5.40. The molecule has 3 heterocycles. The molecule has 2 fully saturated rings. The lowest BCUT2D eigenvalue weighted by Gasteiger charge is -2.30. The molecule has 11 heteroatoms. The molecule has 1 atom stereocenters. The van der Waals surface area contributed by atoms with Crippen LogP contribution in [-0.4, -0.2) is 98.3 Å². The molecule has 0 saturated carbocycles. The number of likely N-dealkylation sites (tertiary alicyclic amines) is 1. The number of aliphatic hydroxyl groups is 1. The standard InChI is InChI=1S/C28H35N3O8/c1-16-20(17(2)29-22(16)28(35)38-5)24(32)21-23(18-8-6-9-19(36-3)26(18)37-4)31(27(34)25(21)33)11-7-10-30-12-14-39-15-13-30/h6,8-9,23,29,32H,7,10-15H2,1-5H3/b24-21+. The van der Waals surface area contributed by atoms with Crippen molar-refractivity contribution < 1.29 is 38.4 Å². The fourth-order valence-electron chi connectivity index (χ4n) is 5.40. The molecule has 2 N–H and O–H groups in total. The number of nitrogens with one attached hydrogen (secondary N) is 1. The van der Waals surface area contributed by atoms with Crippen LogP contribution in [0.3, 0.4) is 0 Å². The van der Waals surface area contributed by atoms with Crippen molar-refractivity contribution >= 4 is 23.4 Å². The summed E-state index contributed by atoms with van der Waals surface area (Å²) in [5.41, 5.74) is 1.72. The molecule has 0 aliphatic carbocycles. The first-order chi connectivity index (χ1) is 18.7. The van der Waals surface area contributed by atoms with Crippen molar-refractivity contribution in [1.29, 1.82) is 0 Å². The van der Waals surface area contributed by atoms with Gasteiger partial charge in [-0.3, -0.25) is 14.5 Å². The van der Waals surface area contributed by atoms with E-state index in [9.17, 15) is 19.5 Å². The van der Waals surface area contributed by atoms with Crippen LogP contribution in [0, 0.1) is 13.8 Å². The van der Waals surface area contributed by atoms with Crippen LogP contribution in [0.15, 0.2) is 23.8 Å². The molecule has 0 radical (unpaired) electrons. The molecule has 0 bridgehead atoms. The van der Waals surface area contributed by atoms with Gasteiger partial charge in [0.25, 0.3) is 11.7 Å². The topological polar surface area (TPSA) is 131 Å². The summed E-state index contributed by atoms with van der Waals surface area (Å²) in [4.78, 5) is 45.9. The molecule has 0 spiro atoms. The van der Waals surface area contributed by atoms with E-state index in [1.54, 1.807) is 32.0 Å². The SMILES string of the molecule is COC(=O)c1[nH]c(C)c(/C(O)=C2\C(=O)C(=O)N(CCCN3CCOCC3)C2c2cccc(OC)c2OC)c1C. The zero-order valence-electron chi connectivity index (χ0n) is 23.0. The molecule has 2 aliphatic heterocycles. The maximum absolute atomic E-state index is 13.5. The lowest BCUT2D eigenvalue weighted by molar-refractivity contribution is -0.140. The van der Waals surface area contributed by atoms with E-state index in [0.717, 1.165) is 19.6 Å². The number of para-hydroxylation sites is 1. The smallest absolute Gasteiger partial charge is 0.354 e. The van der Waals surface area contributed by atoms with Crippen LogP contribution in [0.5, 0.6) is 11.5 Å². The number of methoxy groups -OCH3 is 3. The van der Waals surface area contributed by atoms with Gasteiger partial charge in [0, 0.05) is 43.0 Å². The molecular formula is C28H35N3O8. The first kappa shape index (κ1) is 28.2. The number of aliphatic hydroxyl groups excluding tert-OH is 1. The molecule has 4 rings (SSSR count). The fraction of sp³-hybridized carbons (Fsp3) is 0.464. The van der Waals surface area contributed by atoms with Crippen molar-refractivity contribution in [2.45, 2.75) is 26.3 Å². The summed E-state index contributed by atoms with van der Waals surface area (Å²) in [5, 5.41) is 11.6. The Bertz CT molecular complexity index is 1290. The molecule has 39 heavy (non-hydrogen) atoms. The Morgan fingerprint density at radius 1 is 1.10 bits per heavy atom. The predicted molar refractivity (Wildman–Crippen MR) is 142 cm³/mol. The van der Waals surface area contributed by atoms with Gasteiger partial charge in [-0.1, -0.05) is 12.1 Å². The number of aromatic nitrogens is 1. The summed E-state index contributed by atoms with van der Waals surface area (Å²) in [6, 6.07) is 4.27. The summed E-state index contributed by atoms with van der Waals surface area (Å²) in [6.45, 7) is 7.26. The Hall–Kier alpha value is -3.83. The number of rotatable bonds is 9. The number of aryl methyl sites for hydroxylation is 1. The van der Waals surface area contributed by atoms with E-state index in [1.807, 2.05) is 0 Å². The minimum Gasteiger partial charge on any atom is -0.507 e. The number of morpholine rings is 1. The summed E-state index contributed by atoms with van der Waals surface area (Å²) in [6.07, 6.45) is 0.616. The third kappa shape index (κ3) is 5.24. The van der Waals surface area contributed by atoms with Crippen molar-refractivity contribution in [3.63, 3.8) is 0 Å². The largest absolute Gasteiger partial charge is 0.507 e. The van der Waals surface area contributed by atoms with Gasteiger partial charge in [0.15, 0.2) is 11.5 Å². The van der Waals surface area contributed by atoms with Gasteiger partial charge in [0.1, 0.15) is 11.5 Å². The van der Waals surface area contributed by atoms with Crippen molar-refractivity contribution in [2.75, 3.05) is 60.7 Å². The number of benzene rings is 1. The molecule has 1 amide bonds. The third-order valence-corrected chi connectivity index (χ3v) is 7.31. The average Bonchev–Trinajstić information content (AvgIpc) is 3.39. The molecule has 1 aromatic carbocycles. The Labute approximate surface area is 227 Å². The Balaban J connectivity index is 1.83. The van der Waals surface area contributed by atoms with E-state index < -0.39 is 23.7 Å². The number of hydrogen-bond donors (Lipinski definition) is 2. The number of ether oxygens (including phenoxy) is 4. The van der Waals surface area contributed by atoms with Crippen LogP contribution in [0.4, 0.5) is 0 Å². The minimum atomic E-state index is -0.935. The van der Waals surface area contributed by atoms with Crippen LogP contribution in [-0.2, 0) is 19.1 Å². The second-order valence-corrected chi connectivity index (χ2v) is 9.50. The summed E-state index contributed by atoms with van der Waals surface area (Å²) < 4.78 is 21.4. The highest BCUT2D eigenvalue weighted by Crippen LogP contribution is 2.46. The van der Waals surface area contributed by atoms with E-state index in [2.05, 4.69) is 9.88 Å². The summed E-state index contributed by atoms with van der Waals surface area (Å²) in [5.74, 6) is -1.73. The number of hydrogen-bond acceptors (Lipinski definition) is 9. The average molecular weight is 542 g/mol. The lowest BCUT2D eigenvalue weighted by atomic mass is 9.93. The number of aromatic amines is 1. The highest BCUT2D eigenvalue weighted by atomic mass is 16.5. The highest BCUT2D eigenvalue weighted by Gasteiger charge is 2.47. The van der Waals surface area contributed by atoms with Gasteiger partial charge in [-0.05, 0) is 31.9 Å². The predicted octanol–water partition coefficient (Wildman–Crippen LogP) is 2.58. The van der Waals surface area contributed by atoms with E-state index in [4.69, 9.17) is 18.9 Å². The van der Waals surface area contributed by atoms with Gasteiger partial charge in [-0.25, -0.2) is 4.79 Å².